The average molecular weight is 895 g/mol. The summed E-state index contributed by atoms with van der Waals surface area (Å²) in [4.78, 5) is 38.1. The molecule has 0 fully saturated rings. The fraction of sp³-hybridized carbons (Fsp3) is 0.776. The molecule has 0 bridgehead atoms. The summed E-state index contributed by atoms with van der Waals surface area (Å²) < 4.78 is 16.8. The van der Waals surface area contributed by atoms with E-state index in [2.05, 4.69) is 81.5 Å². The summed E-state index contributed by atoms with van der Waals surface area (Å²) in [6.45, 7) is 6.51. The third-order valence-corrected chi connectivity index (χ3v) is 11.8. The van der Waals surface area contributed by atoms with Crippen molar-refractivity contribution in [1.29, 1.82) is 0 Å². The maximum Gasteiger partial charge on any atom is 0.306 e. The van der Waals surface area contributed by atoms with Gasteiger partial charge in [-0.2, -0.15) is 0 Å². The van der Waals surface area contributed by atoms with Crippen molar-refractivity contribution in [3.8, 4) is 0 Å². The van der Waals surface area contributed by atoms with Crippen molar-refractivity contribution < 1.29 is 28.6 Å². The summed E-state index contributed by atoms with van der Waals surface area (Å²) in [6.07, 6.45) is 64.9. The molecule has 0 radical (unpaired) electrons. The van der Waals surface area contributed by atoms with Crippen molar-refractivity contribution >= 4 is 17.9 Å². The lowest BCUT2D eigenvalue weighted by Crippen LogP contribution is -2.30. The van der Waals surface area contributed by atoms with Gasteiger partial charge in [0.2, 0.25) is 0 Å². The Morgan fingerprint density at radius 1 is 0.344 bits per heavy atom. The van der Waals surface area contributed by atoms with Gasteiger partial charge in [-0.15, -0.1) is 0 Å². The first-order valence-electron chi connectivity index (χ1n) is 27.3. The Morgan fingerprint density at radius 3 is 1.06 bits per heavy atom. The number of ether oxygens (including phenoxy) is 3. The van der Waals surface area contributed by atoms with E-state index in [1.165, 1.54) is 135 Å². The lowest BCUT2D eigenvalue weighted by molar-refractivity contribution is -0.167. The van der Waals surface area contributed by atoms with Crippen LogP contribution in [0.4, 0.5) is 0 Å². The van der Waals surface area contributed by atoms with Crippen LogP contribution in [0, 0.1) is 0 Å². The van der Waals surface area contributed by atoms with Crippen LogP contribution in [0.3, 0.4) is 0 Å². The third-order valence-electron chi connectivity index (χ3n) is 11.8. The predicted octanol–water partition coefficient (Wildman–Crippen LogP) is 18.0. The minimum absolute atomic E-state index is 0.0821. The van der Waals surface area contributed by atoms with Crippen LogP contribution < -0.4 is 0 Å². The Bertz CT molecular complexity index is 1170. The SMILES string of the molecule is CC/C=C\C/C=C\CCCCCCCCCC(=O)OC(COC(=O)CCCCCCC\C=C/C=C\C=C/CCCCCCC)COC(=O)CCCCCCCCCCCCCCCC. The third kappa shape index (κ3) is 50.1. The number of unbranched alkanes of at least 4 members (excludes halogenated alkanes) is 30. The van der Waals surface area contributed by atoms with Gasteiger partial charge in [-0.3, -0.25) is 14.4 Å². The molecule has 0 aliphatic heterocycles. The lowest BCUT2D eigenvalue weighted by Gasteiger charge is -2.18. The zero-order valence-electron chi connectivity index (χ0n) is 42.3. The molecule has 1 atom stereocenters. The standard InChI is InChI=1S/C58H102O6/c1-4-7-10-13-16-19-22-25-28-29-30-31-34-36-39-42-45-48-51-57(60)63-54-55(64-58(61)52-49-46-43-40-37-33-27-24-21-18-15-12-9-6-3)53-62-56(59)50-47-44-41-38-35-32-26-23-20-17-14-11-8-5-2/h9,12,18,21-22,25,28-31,55H,4-8,10-11,13-17,19-20,23-24,26-27,32-54H2,1-3H3/b12-9-,21-18-,25-22-,29-28-,31-30-. The van der Waals surface area contributed by atoms with Gasteiger partial charge in [-0.1, -0.05) is 242 Å². The topological polar surface area (TPSA) is 78.9 Å². The zero-order valence-corrected chi connectivity index (χ0v) is 42.3. The van der Waals surface area contributed by atoms with E-state index in [1.807, 2.05) is 0 Å². The Labute approximate surface area is 396 Å². The Morgan fingerprint density at radius 2 is 0.672 bits per heavy atom. The molecule has 0 rings (SSSR count). The minimum atomic E-state index is -0.785. The van der Waals surface area contributed by atoms with Crippen LogP contribution in [0.25, 0.3) is 0 Å². The van der Waals surface area contributed by atoms with Gasteiger partial charge in [0, 0.05) is 19.3 Å². The van der Waals surface area contributed by atoms with Crippen LogP contribution in [0.5, 0.6) is 0 Å². The average Bonchev–Trinajstić information content (AvgIpc) is 3.29. The number of esters is 3. The van der Waals surface area contributed by atoms with Crippen LogP contribution in [0.15, 0.2) is 60.8 Å². The van der Waals surface area contributed by atoms with Gasteiger partial charge >= 0.3 is 17.9 Å². The van der Waals surface area contributed by atoms with Crippen LogP contribution in [-0.4, -0.2) is 37.2 Å². The molecular formula is C58H102O6. The first-order valence-corrected chi connectivity index (χ1v) is 27.3. The predicted molar refractivity (Wildman–Crippen MR) is 275 cm³/mol. The van der Waals surface area contributed by atoms with E-state index in [4.69, 9.17) is 14.2 Å². The first kappa shape index (κ1) is 61.1. The molecular weight excluding hydrogens is 793 g/mol. The fourth-order valence-corrected chi connectivity index (χ4v) is 7.72. The van der Waals surface area contributed by atoms with Gasteiger partial charge in [0.25, 0.3) is 0 Å². The van der Waals surface area contributed by atoms with Crippen molar-refractivity contribution in [1.82, 2.24) is 0 Å². The lowest BCUT2D eigenvalue weighted by atomic mass is 10.0. The van der Waals surface area contributed by atoms with Crippen molar-refractivity contribution in [3.05, 3.63) is 60.8 Å². The maximum atomic E-state index is 12.8. The van der Waals surface area contributed by atoms with Gasteiger partial charge in [-0.05, 0) is 70.6 Å². The van der Waals surface area contributed by atoms with Crippen LogP contribution in [0.2, 0.25) is 0 Å². The van der Waals surface area contributed by atoms with E-state index in [0.29, 0.717) is 19.3 Å². The molecule has 64 heavy (non-hydrogen) atoms. The highest BCUT2D eigenvalue weighted by Crippen LogP contribution is 2.15. The number of carbonyl (C=O) groups excluding carboxylic acids is 3. The molecule has 0 heterocycles. The highest BCUT2D eigenvalue weighted by Gasteiger charge is 2.19. The monoisotopic (exact) mass is 895 g/mol. The van der Waals surface area contributed by atoms with E-state index < -0.39 is 6.10 Å². The Kier molecular flexibility index (Phi) is 50.4. The molecule has 6 heteroatoms. The summed E-state index contributed by atoms with van der Waals surface area (Å²) in [5, 5.41) is 0. The van der Waals surface area contributed by atoms with Crippen molar-refractivity contribution in [2.24, 2.45) is 0 Å². The summed E-state index contributed by atoms with van der Waals surface area (Å²) >= 11 is 0. The molecule has 1 unspecified atom stereocenters. The maximum absolute atomic E-state index is 12.8. The van der Waals surface area contributed by atoms with Gasteiger partial charge in [-0.25, -0.2) is 0 Å². The number of rotatable bonds is 49. The van der Waals surface area contributed by atoms with Crippen molar-refractivity contribution in [3.63, 3.8) is 0 Å². The molecule has 0 aromatic rings. The fourth-order valence-electron chi connectivity index (χ4n) is 7.72. The second-order valence-corrected chi connectivity index (χ2v) is 18.2. The van der Waals surface area contributed by atoms with Crippen molar-refractivity contribution in [2.75, 3.05) is 13.2 Å². The molecule has 370 valence electrons. The summed E-state index contributed by atoms with van der Waals surface area (Å²) in [5.74, 6) is -0.902. The number of carbonyl (C=O) groups is 3. The van der Waals surface area contributed by atoms with Crippen LogP contribution >= 0.6 is 0 Å². The van der Waals surface area contributed by atoms with Gasteiger partial charge in [0.1, 0.15) is 13.2 Å². The molecule has 6 nitrogen and oxygen atoms in total. The molecule has 0 aliphatic carbocycles. The highest BCUT2D eigenvalue weighted by molar-refractivity contribution is 5.71. The molecule has 0 spiro atoms. The van der Waals surface area contributed by atoms with E-state index >= 15 is 0 Å². The molecule has 0 aromatic heterocycles. The van der Waals surface area contributed by atoms with Crippen LogP contribution in [-0.2, 0) is 28.6 Å². The molecule has 0 N–H and O–H groups in total. The van der Waals surface area contributed by atoms with Gasteiger partial charge in [0.15, 0.2) is 6.10 Å². The molecule has 0 saturated heterocycles. The summed E-state index contributed by atoms with van der Waals surface area (Å²) in [5.41, 5.74) is 0. The zero-order chi connectivity index (χ0) is 46.5. The second-order valence-electron chi connectivity index (χ2n) is 18.2. The molecule has 0 saturated carbocycles. The minimum Gasteiger partial charge on any atom is -0.462 e. The van der Waals surface area contributed by atoms with Gasteiger partial charge < -0.3 is 14.2 Å². The summed E-state index contributed by atoms with van der Waals surface area (Å²) in [7, 11) is 0. The number of hydrogen-bond acceptors (Lipinski definition) is 6. The normalized spacial score (nSPS) is 12.5. The number of hydrogen-bond donors (Lipinski definition) is 0. The second kappa shape index (κ2) is 52.7. The van der Waals surface area contributed by atoms with E-state index in [0.717, 1.165) is 96.3 Å². The van der Waals surface area contributed by atoms with Gasteiger partial charge in [0.05, 0.1) is 0 Å². The molecule has 0 aliphatic rings. The molecule has 0 aromatic carbocycles. The van der Waals surface area contributed by atoms with E-state index in [-0.39, 0.29) is 31.1 Å². The first-order chi connectivity index (χ1) is 31.5. The smallest absolute Gasteiger partial charge is 0.306 e. The van der Waals surface area contributed by atoms with E-state index in [1.54, 1.807) is 0 Å². The Balaban J connectivity index is 4.40. The summed E-state index contributed by atoms with van der Waals surface area (Å²) in [6, 6.07) is 0. The van der Waals surface area contributed by atoms with Crippen molar-refractivity contribution in [2.45, 2.75) is 277 Å². The van der Waals surface area contributed by atoms with E-state index in [9.17, 15) is 14.4 Å². The largest absolute Gasteiger partial charge is 0.462 e. The molecule has 0 amide bonds. The quantitative estimate of drug-likeness (QED) is 0.0199. The van der Waals surface area contributed by atoms with Crippen LogP contribution in [0.1, 0.15) is 271 Å². The Hall–Kier alpha value is -2.89. The number of allylic oxidation sites excluding steroid dienone is 10. The highest BCUT2D eigenvalue weighted by atomic mass is 16.6.